The fourth-order valence-corrected chi connectivity index (χ4v) is 3.87. The SMILES string of the molecule is CC(=O)NC(CC(=O)NCCCSc1ccccc1)c1cccs1. The normalized spacial score (nSPS) is 11.7. The number of thioether (sulfide) groups is 1. The summed E-state index contributed by atoms with van der Waals surface area (Å²) in [4.78, 5) is 25.7. The zero-order valence-electron chi connectivity index (χ0n) is 13.7. The number of thiophene rings is 1. The first-order valence-electron chi connectivity index (χ1n) is 7.90. The van der Waals surface area contributed by atoms with E-state index in [2.05, 4.69) is 22.8 Å². The van der Waals surface area contributed by atoms with Gasteiger partial charge in [0.1, 0.15) is 0 Å². The molecule has 1 aromatic heterocycles. The van der Waals surface area contributed by atoms with Gasteiger partial charge in [0.05, 0.1) is 12.5 Å². The summed E-state index contributed by atoms with van der Waals surface area (Å²) in [6, 6.07) is 13.8. The minimum Gasteiger partial charge on any atom is -0.356 e. The number of hydrogen-bond donors (Lipinski definition) is 2. The van der Waals surface area contributed by atoms with Crippen LogP contribution in [0.5, 0.6) is 0 Å². The predicted octanol–water partition coefficient (Wildman–Crippen LogP) is 3.61. The van der Waals surface area contributed by atoms with Crippen LogP contribution in [0.25, 0.3) is 0 Å². The van der Waals surface area contributed by atoms with E-state index in [1.165, 1.54) is 11.8 Å². The standard InChI is InChI=1S/C18H22N2O2S2/c1-14(21)20-16(17-9-5-11-24-17)13-18(22)19-10-6-12-23-15-7-3-2-4-8-15/h2-5,7-9,11,16H,6,10,12-13H2,1H3,(H,19,22)(H,20,21). The third-order valence-corrected chi connectivity index (χ3v) is 5.39. The van der Waals surface area contributed by atoms with Crippen molar-refractivity contribution in [2.75, 3.05) is 12.3 Å². The molecule has 0 saturated carbocycles. The summed E-state index contributed by atoms with van der Waals surface area (Å²) < 4.78 is 0. The maximum atomic E-state index is 12.1. The van der Waals surface area contributed by atoms with Gasteiger partial charge >= 0.3 is 0 Å². The monoisotopic (exact) mass is 362 g/mol. The summed E-state index contributed by atoms with van der Waals surface area (Å²) in [5, 5.41) is 7.73. The topological polar surface area (TPSA) is 58.2 Å². The lowest BCUT2D eigenvalue weighted by Crippen LogP contribution is -2.32. The van der Waals surface area contributed by atoms with Crippen LogP contribution in [-0.4, -0.2) is 24.1 Å². The maximum absolute atomic E-state index is 12.1. The number of rotatable bonds is 9. The van der Waals surface area contributed by atoms with Crippen molar-refractivity contribution < 1.29 is 9.59 Å². The molecule has 2 amide bonds. The minimum absolute atomic E-state index is 0.0353. The lowest BCUT2D eigenvalue weighted by atomic mass is 10.1. The van der Waals surface area contributed by atoms with Crippen LogP contribution in [0.2, 0.25) is 0 Å². The van der Waals surface area contributed by atoms with Crippen LogP contribution in [0, 0.1) is 0 Å². The van der Waals surface area contributed by atoms with Crippen molar-refractivity contribution in [1.82, 2.24) is 10.6 Å². The molecule has 0 spiro atoms. The highest BCUT2D eigenvalue weighted by atomic mass is 32.2. The largest absolute Gasteiger partial charge is 0.356 e. The molecule has 1 aromatic carbocycles. The Bertz CT molecular complexity index is 630. The third kappa shape index (κ3) is 6.76. The van der Waals surface area contributed by atoms with E-state index in [4.69, 9.17) is 0 Å². The van der Waals surface area contributed by atoms with Crippen molar-refractivity contribution in [2.24, 2.45) is 0 Å². The van der Waals surface area contributed by atoms with Gasteiger partial charge in [-0.05, 0) is 35.8 Å². The summed E-state index contributed by atoms with van der Waals surface area (Å²) >= 11 is 3.33. The van der Waals surface area contributed by atoms with Crippen LogP contribution in [0.1, 0.15) is 30.7 Å². The predicted molar refractivity (Wildman–Crippen MR) is 100 cm³/mol. The molecule has 0 fully saturated rings. The van der Waals surface area contributed by atoms with Crippen molar-refractivity contribution in [1.29, 1.82) is 0 Å². The van der Waals surface area contributed by atoms with Crippen LogP contribution < -0.4 is 10.6 Å². The van der Waals surface area contributed by atoms with Crippen LogP contribution >= 0.6 is 23.1 Å². The quantitative estimate of drug-likeness (QED) is 0.529. The Kier molecular flexibility index (Phi) is 7.85. The van der Waals surface area contributed by atoms with Crippen LogP contribution in [0.15, 0.2) is 52.7 Å². The maximum Gasteiger partial charge on any atom is 0.222 e. The van der Waals surface area contributed by atoms with Gasteiger partial charge in [0.2, 0.25) is 11.8 Å². The number of hydrogen-bond acceptors (Lipinski definition) is 4. The zero-order valence-corrected chi connectivity index (χ0v) is 15.3. The van der Waals surface area contributed by atoms with Crippen molar-refractivity contribution in [3.05, 3.63) is 52.7 Å². The average molecular weight is 363 g/mol. The number of benzene rings is 1. The van der Waals surface area contributed by atoms with Crippen LogP contribution in [0.4, 0.5) is 0 Å². The van der Waals surface area contributed by atoms with Gasteiger partial charge in [-0.25, -0.2) is 0 Å². The molecule has 1 heterocycles. The Morgan fingerprint density at radius 2 is 1.96 bits per heavy atom. The van der Waals surface area contributed by atoms with Gasteiger partial charge in [0, 0.05) is 23.2 Å². The second-order valence-electron chi connectivity index (χ2n) is 5.34. The second kappa shape index (κ2) is 10.2. The average Bonchev–Trinajstić information content (AvgIpc) is 3.09. The van der Waals surface area contributed by atoms with E-state index in [0.717, 1.165) is 17.1 Å². The van der Waals surface area contributed by atoms with Crippen molar-refractivity contribution in [2.45, 2.75) is 30.7 Å². The molecule has 2 N–H and O–H groups in total. The molecule has 0 aliphatic heterocycles. The van der Waals surface area contributed by atoms with E-state index in [1.54, 1.807) is 23.1 Å². The van der Waals surface area contributed by atoms with Gasteiger partial charge in [-0.1, -0.05) is 24.3 Å². The van der Waals surface area contributed by atoms with E-state index in [1.807, 2.05) is 35.7 Å². The number of carbonyl (C=O) groups excluding carboxylic acids is 2. The molecule has 0 aliphatic rings. The molecule has 4 nitrogen and oxygen atoms in total. The lowest BCUT2D eigenvalue weighted by Gasteiger charge is -2.16. The van der Waals surface area contributed by atoms with Crippen molar-refractivity contribution in [3.8, 4) is 0 Å². The second-order valence-corrected chi connectivity index (χ2v) is 7.49. The first-order chi connectivity index (χ1) is 11.6. The van der Waals surface area contributed by atoms with Gasteiger partial charge in [0.15, 0.2) is 0 Å². The molecule has 0 radical (unpaired) electrons. The summed E-state index contributed by atoms with van der Waals surface area (Å²) in [5.74, 6) is 0.803. The summed E-state index contributed by atoms with van der Waals surface area (Å²) in [6.07, 6.45) is 1.18. The fourth-order valence-electron chi connectivity index (χ4n) is 2.22. The minimum atomic E-state index is -0.249. The van der Waals surface area contributed by atoms with Gasteiger partial charge in [-0.15, -0.1) is 23.1 Å². The summed E-state index contributed by atoms with van der Waals surface area (Å²) in [6.45, 7) is 2.12. The Morgan fingerprint density at radius 1 is 1.17 bits per heavy atom. The van der Waals surface area contributed by atoms with E-state index in [9.17, 15) is 9.59 Å². The molecule has 0 aliphatic carbocycles. The highest BCUT2D eigenvalue weighted by molar-refractivity contribution is 7.99. The molecule has 0 saturated heterocycles. The molecular formula is C18H22N2O2S2. The molecule has 0 bridgehead atoms. The third-order valence-electron chi connectivity index (χ3n) is 3.31. The van der Waals surface area contributed by atoms with Gasteiger partial charge < -0.3 is 10.6 Å². The fraction of sp³-hybridized carbons (Fsp3) is 0.333. The van der Waals surface area contributed by atoms with Crippen LogP contribution in [-0.2, 0) is 9.59 Å². The van der Waals surface area contributed by atoms with Gasteiger partial charge in [-0.3, -0.25) is 9.59 Å². The molecule has 1 atom stereocenters. The van der Waals surface area contributed by atoms with Crippen molar-refractivity contribution >= 4 is 34.9 Å². The number of nitrogens with one attached hydrogen (secondary N) is 2. The summed E-state index contributed by atoms with van der Waals surface area (Å²) in [5.41, 5.74) is 0. The molecular weight excluding hydrogens is 340 g/mol. The Morgan fingerprint density at radius 3 is 2.62 bits per heavy atom. The Hall–Kier alpha value is -1.79. The highest BCUT2D eigenvalue weighted by Crippen LogP contribution is 2.22. The number of amides is 2. The zero-order chi connectivity index (χ0) is 17.2. The van der Waals surface area contributed by atoms with Gasteiger partial charge in [-0.2, -0.15) is 0 Å². The van der Waals surface area contributed by atoms with Crippen molar-refractivity contribution in [3.63, 3.8) is 0 Å². The van der Waals surface area contributed by atoms with E-state index in [-0.39, 0.29) is 24.3 Å². The molecule has 1 unspecified atom stereocenters. The smallest absolute Gasteiger partial charge is 0.222 e. The molecule has 2 aromatic rings. The molecule has 2 rings (SSSR count). The Labute approximate surface area is 151 Å². The van der Waals surface area contributed by atoms with Crippen LogP contribution in [0.3, 0.4) is 0 Å². The Balaban J connectivity index is 1.68. The molecule has 128 valence electrons. The van der Waals surface area contributed by atoms with Gasteiger partial charge in [0.25, 0.3) is 0 Å². The first-order valence-corrected chi connectivity index (χ1v) is 9.76. The lowest BCUT2D eigenvalue weighted by molar-refractivity contribution is -0.122. The number of carbonyl (C=O) groups is 2. The van der Waals surface area contributed by atoms with E-state index < -0.39 is 0 Å². The summed E-state index contributed by atoms with van der Waals surface area (Å²) in [7, 11) is 0. The highest BCUT2D eigenvalue weighted by Gasteiger charge is 2.17. The van der Waals surface area contributed by atoms with E-state index in [0.29, 0.717) is 6.54 Å². The molecule has 6 heteroatoms. The first kappa shape index (κ1) is 18.5. The van der Waals surface area contributed by atoms with E-state index >= 15 is 0 Å². The molecule has 24 heavy (non-hydrogen) atoms.